The zero-order valence-electron chi connectivity index (χ0n) is 9.33. The first-order valence-electron chi connectivity index (χ1n) is 4.84. The summed E-state index contributed by atoms with van der Waals surface area (Å²) in [5.41, 5.74) is 15.2. The van der Waals surface area contributed by atoms with Crippen LogP contribution in [0.15, 0.2) is 29.4 Å². The van der Waals surface area contributed by atoms with Crippen LogP contribution in [0.2, 0.25) is 0 Å². The largest absolute Gasteiger partial charge is 0.465 e. The van der Waals surface area contributed by atoms with Gasteiger partial charge in [-0.2, -0.15) is 0 Å². The Morgan fingerprint density at radius 3 is 3.06 bits per heavy atom. The standard InChI is InChI=1S/C11H12N4O2/c1-17-11(16)9-7-8(4-5-10(9)12)3-2-6-14-15-13/h2-5,7H,6,12H2,1H3. The zero-order chi connectivity index (χ0) is 12.7. The lowest BCUT2D eigenvalue weighted by molar-refractivity contribution is 0.0602. The van der Waals surface area contributed by atoms with Crippen LogP contribution in [0, 0.1) is 0 Å². The zero-order valence-corrected chi connectivity index (χ0v) is 9.33. The van der Waals surface area contributed by atoms with Gasteiger partial charge in [-0.3, -0.25) is 0 Å². The van der Waals surface area contributed by atoms with Gasteiger partial charge in [-0.05, 0) is 23.2 Å². The van der Waals surface area contributed by atoms with Gasteiger partial charge in [-0.25, -0.2) is 4.79 Å². The second-order valence-corrected chi connectivity index (χ2v) is 3.15. The predicted molar refractivity (Wildman–Crippen MR) is 65.2 cm³/mol. The second-order valence-electron chi connectivity index (χ2n) is 3.15. The molecule has 17 heavy (non-hydrogen) atoms. The molecule has 2 N–H and O–H groups in total. The summed E-state index contributed by atoms with van der Waals surface area (Å²) in [4.78, 5) is 14.0. The highest BCUT2D eigenvalue weighted by molar-refractivity contribution is 5.95. The van der Waals surface area contributed by atoms with Crippen molar-refractivity contribution in [3.63, 3.8) is 0 Å². The van der Waals surface area contributed by atoms with Gasteiger partial charge in [-0.15, -0.1) is 0 Å². The number of ether oxygens (including phenoxy) is 1. The predicted octanol–water partition coefficient (Wildman–Crippen LogP) is 2.38. The van der Waals surface area contributed by atoms with Gasteiger partial charge in [0.25, 0.3) is 0 Å². The molecule has 0 spiro atoms. The Morgan fingerprint density at radius 2 is 2.41 bits per heavy atom. The molecular weight excluding hydrogens is 220 g/mol. The Labute approximate surface area is 98.3 Å². The average molecular weight is 232 g/mol. The summed E-state index contributed by atoms with van der Waals surface area (Å²) in [6.45, 7) is 0.258. The van der Waals surface area contributed by atoms with Crippen molar-refractivity contribution in [3.05, 3.63) is 45.8 Å². The molecule has 0 atom stereocenters. The molecule has 1 aromatic carbocycles. The first kappa shape index (κ1) is 12.6. The molecule has 0 saturated heterocycles. The number of nitrogens with two attached hydrogens (primary N) is 1. The van der Waals surface area contributed by atoms with Gasteiger partial charge in [0.15, 0.2) is 0 Å². The summed E-state index contributed by atoms with van der Waals surface area (Å²) in [7, 11) is 1.30. The molecule has 0 aliphatic rings. The molecule has 0 heterocycles. The third kappa shape index (κ3) is 3.55. The Bertz CT molecular complexity index is 490. The number of anilines is 1. The fourth-order valence-corrected chi connectivity index (χ4v) is 1.24. The number of rotatable bonds is 4. The van der Waals surface area contributed by atoms with E-state index in [0.717, 1.165) is 5.56 Å². The Morgan fingerprint density at radius 1 is 1.65 bits per heavy atom. The Kier molecular flexibility index (Phi) is 4.59. The molecule has 0 radical (unpaired) electrons. The van der Waals surface area contributed by atoms with Crippen LogP contribution in [0.4, 0.5) is 5.69 Å². The molecule has 0 unspecified atom stereocenters. The fraction of sp³-hybridized carbons (Fsp3) is 0.182. The van der Waals surface area contributed by atoms with Crippen LogP contribution in [0.5, 0.6) is 0 Å². The van der Waals surface area contributed by atoms with E-state index >= 15 is 0 Å². The molecule has 0 amide bonds. The number of carbonyl (C=O) groups is 1. The number of hydrogen-bond acceptors (Lipinski definition) is 4. The maximum atomic E-state index is 11.4. The maximum Gasteiger partial charge on any atom is 0.339 e. The van der Waals surface area contributed by atoms with Crippen LogP contribution in [0.3, 0.4) is 0 Å². The highest BCUT2D eigenvalue weighted by Gasteiger charge is 2.09. The normalized spacial score (nSPS) is 9.94. The van der Waals surface area contributed by atoms with Crippen LogP contribution >= 0.6 is 0 Å². The van der Waals surface area contributed by atoms with Gasteiger partial charge >= 0.3 is 5.97 Å². The van der Waals surface area contributed by atoms with E-state index < -0.39 is 5.97 Å². The van der Waals surface area contributed by atoms with Crippen molar-refractivity contribution in [3.8, 4) is 0 Å². The van der Waals surface area contributed by atoms with Crippen LogP contribution in [0.25, 0.3) is 16.5 Å². The number of carbonyl (C=O) groups excluding carboxylic acids is 1. The lowest BCUT2D eigenvalue weighted by atomic mass is 10.1. The van der Waals surface area contributed by atoms with Gasteiger partial charge < -0.3 is 10.5 Å². The summed E-state index contributed by atoms with van der Waals surface area (Å²) in [6.07, 6.45) is 3.42. The molecule has 0 aromatic heterocycles. The lowest BCUT2D eigenvalue weighted by Gasteiger charge is -2.04. The molecule has 0 aliphatic carbocycles. The van der Waals surface area contributed by atoms with E-state index in [1.807, 2.05) is 0 Å². The van der Waals surface area contributed by atoms with E-state index in [2.05, 4.69) is 14.8 Å². The van der Waals surface area contributed by atoms with Gasteiger partial charge in [0.05, 0.1) is 12.7 Å². The molecule has 0 bridgehead atoms. The number of esters is 1. The third-order valence-corrected chi connectivity index (χ3v) is 2.04. The van der Waals surface area contributed by atoms with E-state index in [1.165, 1.54) is 7.11 Å². The quantitative estimate of drug-likeness (QED) is 0.283. The minimum Gasteiger partial charge on any atom is -0.465 e. The highest BCUT2D eigenvalue weighted by Crippen LogP contribution is 2.16. The van der Waals surface area contributed by atoms with E-state index in [1.54, 1.807) is 30.4 Å². The first-order chi connectivity index (χ1) is 8.19. The minimum atomic E-state index is -0.479. The smallest absolute Gasteiger partial charge is 0.339 e. The van der Waals surface area contributed by atoms with E-state index in [9.17, 15) is 4.79 Å². The lowest BCUT2D eigenvalue weighted by Crippen LogP contribution is -2.05. The number of benzene rings is 1. The van der Waals surface area contributed by atoms with Crippen LogP contribution in [-0.2, 0) is 4.74 Å². The molecule has 0 aliphatic heterocycles. The van der Waals surface area contributed by atoms with Crippen molar-refractivity contribution in [1.29, 1.82) is 0 Å². The van der Waals surface area contributed by atoms with Crippen molar-refractivity contribution >= 4 is 17.7 Å². The monoisotopic (exact) mass is 232 g/mol. The number of hydrogen-bond donors (Lipinski definition) is 1. The van der Waals surface area contributed by atoms with Gasteiger partial charge in [0.2, 0.25) is 0 Å². The first-order valence-corrected chi connectivity index (χ1v) is 4.84. The molecule has 6 heteroatoms. The van der Waals surface area contributed by atoms with Crippen molar-refractivity contribution in [2.75, 3.05) is 19.4 Å². The van der Waals surface area contributed by atoms with Crippen molar-refractivity contribution in [1.82, 2.24) is 0 Å². The van der Waals surface area contributed by atoms with Crippen molar-refractivity contribution in [2.24, 2.45) is 5.11 Å². The molecule has 1 rings (SSSR count). The van der Waals surface area contributed by atoms with E-state index in [4.69, 9.17) is 11.3 Å². The topological polar surface area (TPSA) is 101 Å². The van der Waals surface area contributed by atoms with Crippen LogP contribution in [-0.4, -0.2) is 19.6 Å². The van der Waals surface area contributed by atoms with Crippen LogP contribution in [0.1, 0.15) is 15.9 Å². The number of methoxy groups -OCH3 is 1. The summed E-state index contributed by atoms with van der Waals surface area (Å²) in [5.74, 6) is -0.479. The van der Waals surface area contributed by atoms with Gasteiger partial charge in [0.1, 0.15) is 0 Å². The summed E-state index contributed by atoms with van der Waals surface area (Å²) in [6, 6.07) is 5.00. The second kappa shape index (κ2) is 6.19. The van der Waals surface area contributed by atoms with E-state index in [0.29, 0.717) is 11.3 Å². The maximum absolute atomic E-state index is 11.4. The SMILES string of the molecule is COC(=O)c1cc(C=CCN=[N+]=[N-])ccc1N. The summed E-state index contributed by atoms with van der Waals surface area (Å²) in [5, 5.41) is 3.36. The molecule has 1 aromatic rings. The highest BCUT2D eigenvalue weighted by atomic mass is 16.5. The average Bonchev–Trinajstić information content (AvgIpc) is 2.35. The molecule has 6 nitrogen and oxygen atoms in total. The van der Waals surface area contributed by atoms with Gasteiger partial charge in [0, 0.05) is 17.1 Å². The number of azide groups is 1. The molecular formula is C11H12N4O2. The molecule has 0 saturated carbocycles. The number of nitrogen functional groups attached to an aromatic ring is 1. The molecule has 88 valence electrons. The Balaban J connectivity index is 2.92. The summed E-state index contributed by atoms with van der Waals surface area (Å²) >= 11 is 0. The summed E-state index contributed by atoms with van der Waals surface area (Å²) < 4.78 is 4.61. The van der Waals surface area contributed by atoms with Crippen molar-refractivity contribution in [2.45, 2.75) is 0 Å². The van der Waals surface area contributed by atoms with Gasteiger partial charge in [-0.1, -0.05) is 23.3 Å². The fourth-order valence-electron chi connectivity index (χ4n) is 1.24. The third-order valence-electron chi connectivity index (χ3n) is 2.04. The van der Waals surface area contributed by atoms with E-state index in [-0.39, 0.29) is 6.54 Å². The Hall–Kier alpha value is -2.46. The number of nitrogens with zero attached hydrogens (tertiary/aromatic N) is 3. The molecule has 0 fully saturated rings. The van der Waals surface area contributed by atoms with Crippen molar-refractivity contribution < 1.29 is 9.53 Å². The van der Waals surface area contributed by atoms with Crippen LogP contribution < -0.4 is 5.73 Å². The minimum absolute atomic E-state index is 0.258.